The summed E-state index contributed by atoms with van der Waals surface area (Å²) < 4.78 is 15.8. The molecule has 0 aliphatic carbocycles. The number of benzene rings is 2. The molecule has 4 aromatic rings. The molecule has 182 valence electrons. The summed E-state index contributed by atoms with van der Waals surface area (Å²) in [4.78, 5) is 11.4. The number of halogens is 1. The van der Waals surface area contributed by atoms with Gasteiger partial charge in [0.1, 0.15) is 17.7 Å². The van der Waals surface area contributed by atoms with E-state index in [4.69, 9.17) is 5.10 Å². The molecule has 2 aliphatic rings. The normalized spacial score (nSPS) is 18.6. The quantitative estimate of drug-likeness (QED) is 0.428. The number of hydrogen-bond donors (Lipinski definition) is 0. The van der Waals surface area contributed by atoms with Crippen molar-refractivity contribution in [1.29, 1.82) is 5.26 Å². The number of aromatic nitrogens is 3. The fraction of sp³-hybridized carbons (Fsp3) is 0.321. The van der Waals surface area contributed by atoms with Gasteiger partial charge in [-0.05, 0) is 61.9 Å². The molecule has 0 radical (unpaired) electrons. The molecule has 7 nitrogen and oxygen atoms in total. The van der Waals surface area contributed by atoms with Crippen molar-refractivity contribution < 1.29 is 4.39 Å². The number of fused-ring (bicyclic) bond motifs is 1. The second-order valence-electron chi connectivity index (χ2n) is 9.65. The molecule has 1 unspecified atom stereocenters. The van der Waals surface area contributed by atoms with Crippen molar-refractivity contribution in [2.24, 2.45) is 0 Å². The van der Waals surface area contributed by atoms with E-state index in [9.17, 15) is 9.65 Å². The lowest BCUT2D eigenvalue weighted by Crippen LogP contribution is -2.44. The van der Waals surface area contributed by atoms with E-state index in [-0.39, 0.29) is 11.9 Å². The Hall–Kier alpha value is -3.96. The molecule has 1 atom stereocenters. The van der Waals surface area contributed by atoms with Gasteiger partial charge >= 0.3 is 0 Å². The van der Waals surface area contributed by atoms with Crippen molar-refractivity contribution in [3.8, 4) is 17.3 Å². The molecule has 6 rings (SSSR count). The van der Waals surface area contributed by atoms with E-state index in [1.54, 1.807) is 12.1 Å². The Balaban J connectivity index is 1.34. The third-order valence-corrected chi connectivity index (χ3v) is 7.39. The molecule has 0 saturated carbocycles. The van der Waals surface area contributed by atoms with Gasteiger partial charge in [0.15, 0.2) is 5.65 Å². The molecule has 0 spiro atoms. The zero-order valence-electron chi connectivity index (χ0n) is 20.3. The number of nitrogens with zero attached hydrogens (tertiary/aromatic N) is 7. The lowest BCUT2D eigenvalue weighted by Gasteiger charge is -2.34. The van der Waals surface area contributed by atoms with E-state index in [1.165, 1.54) is 6.07 Å². The Morgan fingerprint density at radius 2 is 1.86 bits per heavy atom. The van der Waals surface area contributed by atoms with Gasteiger partial charge in [0.2, 0.25) is 0 Å². The highest BCUT2D eigenvalue weighted by atomic mass is 19.1. The van der Waals surface area contributed by atoms with E-state index in [0.717, 1.165) is 79.5 Å². The van der Waals surface area contributed by atoms with Crippen LogP contribution in [0.3, 0.4) is 0 Å². The van der Waals surface area contributed by atoms with Crippen LogP contribution in [0.4, 0.5) is 15.9 Å². The first-order valence-corrected chi connectivity index (χ1v) is 12.5. The average molecular weight is 482 g/mol. The smallest absolute Gasteiger partial charge is 0.154 e. The first-order chi connectivity index (χ1) is 17.6. The van der Waals surface area contributed by atoms with Crippen LogP contribution in [0, 0.1) is 17.1 Å². The Morgan fingerprint density at radius 3 is 2.67 bits per heavy atom. The van der Waals surface area contributed by atoms with Gasteiger partial charge in [0.25, 0.3) is 0 Å². The van der Waals surface area contributed by atoms with Crippen LogP contribution in [-0.4, -0.2) is 59.3 Å². The van der Waals surface area contributed by atoms with Gasteiger partial charge in [0, 0.05) is 38.3 Å². The first kappa shape index (κ1) is 22.5. The van der Waals surface area contributed by atoms with Crippen LogP contribution in [0.2, 0.25) is 0 Å². The van der Waals surface area contributed by atoms with Crippen LogP contribution in [0.1, 0.15) is 30.0 Å². The van der Waals surface area contributed by atoms with Crippen LogP contribution in [0.25, 0.3) is 16.9 Å². The number of anilines is 2. The molecule has 0 bridgehead atoms. The topological polar surface area (TPSA) is 63.7 Å². The molecule has 2 fully saturated rings. The van der Waals surface area contributed by atoms with Gasteiger partial charge in [-0.3, -0.25) is 0 Å². The lowest BCUT2D eigenvalue weighted by atomic mass is 10.0. The predicted octanol–water partition coefficient (Wildman–Crippen LogP) is 4.50. The summed E-state index contributed by atoms with van der Waals surface area (Å²) in [7, 11) is 2.13. The van der Waals surface area contributed by atoms with Crippen LogP contribution in [-0.2, 0) is 0 Å². The van der Waals surface area contributed by atoms with Gasteiger partial charge in [-0.25, -0.2) is 13.9 Å². The van der Waals surface area contributed by atoms with Crippen LogP contribution in [0.5, 0.6) is 0 Å². The number of imidazole rings is 1. The highest BCUT2D eigenvalue weighted by molar-refractivity contribution is 5.71. The molecular formula is C28H28FN7. The molecule has 2 aliphatic heterocycles. The first-order valence-electron chi connectivity index (χ1n) is 12.5. The van der Waals surface area contributed by atoms with E-state index in [1.807, 2.05) is 41.0 Å². The minimum atomic E-state index is -0.215. The SMILES string of the molecule is CN1CCN(c2ccc(-c3cnc4ccc(N5CCCC5c5cccc(F)c5)nn34)cc2C#N)CC1. The van der Waals surface area contributed by atoms with Gasteiger partial charge < -0.3 is 14.7 Å². The zero-order valence-corrected chi connectivity index (χ0v) is 20.3. The number of piperazine rings is 1. The summed E-state index contributed by atoms with van der Waals surface area (Å²) in [6.07, 6.45) is 3.79. The maximum absolute atomic E-state index is 13.9. The Bertz CT molecular complexity index is 1450. The fourth-order valence-corrected chi connectivity index (χ4v) is 5.42. The zero-order chi connectivity index (χ0) is 24.6. The van der Waals surface area contributed by atoms with Crippen LogP contribution >= 0.6 is 0 Å². The number of rotatable bonds is 4. The monoisotopic (exact) mass is 481 g/mol. The lowest BCUT2D eigenvalue weighted by molar-refractivity contribution is 0.313. The summed E-state index contributed by atoms with van der Waals surface area (Å²) in [5.74, 6) is 0.621. The van der Waals surface area contributed by atoms with E-state index in [2.05, 4.69) is 38.9 Å². The van der Waals surface area contributed by atoms with Crippen molar-refractivity contribution in [3.05, 3.63) is 77.7 Å². The minimum absolute atomic E-state index is 0.0886. The standard InChI is InChI=1S/C28H28FN7/c1-33-12-14-34(15-13-33)24-8-7-21(16-22(24)18-30)26-19-31-27-9-10-28(32-36(26)27)35-11-3-6-25(35)20-4-2-5-23(29)17-20/h2,4-5,7-10,16-17,19,25H,3,6,11-15H2,1H3. The van der Waals surface area contributed by atoms with Crippen LogP contribution < -0.4 is 9.80 Å². The molecule has 2 saturated heterocycles. The second kappa shape index (κ2) is 9.25. The summed E-state index contributed by atoms with van der Waals surface area (Å²) in [5.41, 5.74) is 5.11. The molecule has 0 N–H and O–H groups in total. The maximum atomic E-state index is 13.9. The van der Waals surface area contributed by atoms with Gasteiger partial charge in [0.05, 0.1) is 29.2 Å². The molecule has 0 amide bonds. The van der Waals surface area contributed by atoms with Crippen molar-refractivity contribution >= 4 is 17.2 Å². The van der Waals surface area contributed by atoms with Gasteiger partial charge in [-0.1, -0.05) is 18.2 Å². The van der Waals surface area contributed by atoms with Crippen molar-refractivity contribution in [3.63, 3.8) is 0 Å². The third-order valence-electron chi connectivity index (χ3n) is 7.39. The van der Waals surface area contributed by atoms with Crippen molar-refractivity contribution in [2.75, 3.05) is 49.6 Å². The summed E-state index contributed by atoms with van der Waals surface area (Å²) in [5, 5.41) is 14.9. The highest BCUT2D eigenvalue weighted by Gasteiger charge is 2.28. The molecule has 2 aromatic carbocycles. The summed E-state index contributed by atoms with van der Waals surface area (Å²) >= 11 is 0. The summed E-state index contributed by atoms with van der Waals surface area (Å²) in [6.45, 7) is 4.65. The van der Waals surface area contributed by atoms with Gasteiger partial charge in [-0.15, -0.1) is 5.10 Å². The average Bonchev–Trinajstić information content (AvgIpc) is 3.56. The van der Waals surface area contributed by atoms with E-state index in [0.29, 0.717) is 5.56 Å². The van der Waals surface area contributed by atoms with Crippen LogP contribution in [0.15, 0.2) is 60.8 Å². The summed E-state index contributed by atoms with van der Waals surface area (Å²) in [6, 6.07) is 19.3. The Morgan fingerprint density at radius 1 is 1.00 bits per heavy atom. The number of hydrogen-bond acceptors (Lipinski definition) is 6. The molecule has 36 heavy (non-hydrogen) atoms. The largest absolute Gasteiger partial charge is 0.368 e. The molecule has 8 heteroatoms. The van der Waals surface area contributed by atoms with Gasteiger partial charge in [-0.2, -0.15) is 5.26 Å². The Kier molecular flexibility index (Phi) is 5.78. The predicted molar refractivity (Wildman–Crippen MR) is 139 cm³/mol. The van der Waals surface area contributed by atoms with E-state index >= 15 is 0 Å². The molecular weight excluding hydrogens is 453 g/mol. The minimum Gasteiger partial charge on any atom is -0.368 e. The highest BCUT2D eigenvalue weighted by Crippen LogP contribution is 2.36. The van der Waals surface area contributed by atoms with Crippen molar-refractivity contribution in [2.45, 2.75) is 18.9 Å². The van der Waals surface area contributed by atoms with Crippen molar-refractivity contribution in [1.82, 2.24) is 19.5 Å². The number of nitriles is 1. The fourth-order valence-electron chi connectivity index (χ4n) is 5.42. The molecule has 4 heterocycles. The number of likely N-dealkylation sites (N-methyl/N-ethyl adjacent to an activating group) is 1. The maximum Gasteiger partial charge on any atom is 0.154 e. The van der Waals surface area contributed by atoms with E-state index < -0.39 is 0 Å². The molecule has 2 aromatic heterocycles. The second-order valence-corrected chi connectivity index (χ2v) is 9.65. The third kappa shape index (κ3) is 4.06. The Labute approximate surface area is 210 Å².